The van der Waals surface area contributed by atoms with Crippen LogP contribution in [0.2, 0.25) is 0 Å². The molecule has 3 N–H and O–H groups in total. The van der Waals surface area contributed by atoms with Crippen molar-refractivity contribution < 1.29 is 19.4 Å². The van der Waals surface area contributed by atoms with Gasteiger partial charge in [-0.15, -0.1) is 0 Å². The van der Waals surface area contributed by atoms with Crippen molar-refractivity contribution in [1.82, 2.24) is 30.3 Å². The summed E-state index contributed by atoms with van der Waals surface area (Å²) in [6.07, 6.45) is 2.35. The topological polar surface area (TPSA) is 122 Å². The molecule has 0 bridgehead atoms. The number of pyridine rings is 1. The van der Waals surface area contributed by atoms with Gasteiger partial charge in [-0.25, -0.2) is 9.67 Å². The SMILES string of the molecule is CC1CC(CO)C(CNC(=O)c2cc(-c3ccc(CN4CCOCC4)cc3)nc3c2cnn3C(C)C)C(=O)N1. The molecule has 0 aliphatic carbocycles. The van der Waals surface area contributed by atoms with E-state index in [1.54, 1.807) is 12.3 Å². The highest BCUT2D eigenvalue weighted by Gasteiger charge is 2.35. The Hall–Kier alpha value is -3.34. The van der Waals surface area contributed by atoms with Gasteiger partial charge in [-0.1, -0.05) is 24.3 Å². The summed E-state index contributed by atoms with van der Waals surface area (Å²) in [5.41, 5.74) is 3.91. The van der Waals surface area contributed by atoms with Crippen molar-refractivity contribution in [2.75, 3.05) is 39.5 Å². The van der Waals surface area contributed by atoms with E-state index in [1.165, 1.54) is 5.56 Å². The minimum Gasteiger partial charge on any atom is -0.396 e. The first-order valence-corrected chi connectivity index (χ1v) is 13.8. The molecule has 2 fully saturated rings. The number of piperidine rings is 1. The summed E-state index contributed by atoms with van der Waals surface area (Å²) in [4.78, 5) is 33.4. The zero-order chi connectivity index (χ0) is 27.5. The Bertz CT molecular complexity index is 1320. The maximum atomic E-state index is 13.5. The molecule has 3 atom stereocenters. The van der Waals surface area contributed by atoms with Gasteiger partial charge in [-0.05, 0) is 44.7 Å². The molecule has 3 aromatic rings. The van der Waals surface area contributed by atoms with Crippen molar-refractivity contribution >= 4 is 22.8 Å². The third-order valence-electron chi connectivity index (χ3n) is 7.73. The van der Waals surface area contributed by atoms with Crippen molar-refractivity contribution in [2.24, 2.45) is 11.8 Å². The normalized spacial score (nSPS) is 22.3. The Morgan fingerprint density at radius 3 is 2.67 bits per heavy atom. The van der Waals surface area contributed by atoms with Crippen molar-refractivity contribution in [1.29, 1.82) is 0 Å². The number of benzene rings is 1. The number of aliphatic hydroxyl groups is 1. The van der Waals surface area contributed by atoms with Gasteiger partial charge in [-0.3, -0.25) is 14.5 Å². The standard InChI is InChI=1S/C29H38N6O4/c1-18(2)35-27-25(15-31-35)23(28(37)30-14-24-22(17-36)12-19(3)32-29(24)38)13-26(33-27)21-6-4-20(5-7-21)16-34-8-10-39-11-9-34/h4-7,13,15,18-19,22,24,36H,8-12,14,16-17H2,1-3H3,(H,30,37)(H,32,38). The van der Waals surface area contributed by atoms with Crippen LogP contribution in [-0.4, -0.2) is 82.1 Å². The van der Waals surface area contributed by atoms with Crippen LogP contribution >= 0.6 is 0 Å². The Balaban J connectivity index is 1.41. The predicted molar refractivity (Wildman–Crippen MR) is 148 cm³/mol. The molecular weight excluding hydrogens is 496 g/mol. The molecule has 4 heterocycles. The van der Waals surface area contributed by atoms with Gasteiger partial charge in [0.25, 0.3) is 5.91 Å². The van der Waals surface area contributed by atoms with E-state index in [4.69, 9.17) is 9.72 Å². The first-order chi connectivity index (χ1) is 18.8. The molecular formula is C29H38N6O4. The fraction of sp³-hybridized carbons (Fsp3) is 0.517. The summed E-state index contributed by atoms with van der Waals surface area (Å²) in [5.74, 6) is -1.11. The van der Waals surface area contributed by atoms with Gasteiger partial charge in [0.1, 0.15) is 0 Å². The number of rotatable bonds is 8. The number of morpholine rings is 1. The number of nitrogens with one attached hydrogen (secondary N) is 2. The second-order valence-corrected chi connectivity index (χ2v) is 11.0. The third-order valence-corrected chi connectivity index (χ3v) is 7.73. The van der Waals surface area contributed by atoms with Crippen LogP contribution in [0.4, 0.5) is 0 Å². The van der Waals surface area contributed by atoms with Crippen LogP contribution in [0.15, 0.2) is 36.5 Å². The van der Waals surface area contributed by atoms with Gasteiger partial charge in [0.2, 0.25) is 5.91 Å². The van der Waals surface area contributed by atoms with Crippen LogP contribution in [-0.2, 0) is 16.1 Å². The Morgan fingerprint density at radius 2 is 1.97 bits per heavy atom. The third kappa shape index (κ3) is 5.98. The predicted octanol–water partition coefficient (Wildman–Crippen LogP) is 2.37. The molecule has 5 rings (SSSR count). The first kappa shape index (κ1) is 27.2. The lowest BCUT2D eigenvalue weighted by atomic mass is 9.83. The number of amides is 2. The maximum absolute atomic E-state index is 13.5. The van der Waals surface area contributed by atoms with Crippen LogP contribution in [0.25, 0.3) is 22.3 Å². The monoisotopic (exact) mass is 534 g/mol. The summed E-state index contributed by atoms with van der Waals surface area (Å²) in [6.45, 7) is 10.3. The summed E-state index contributed by atoms with van der Waals surface area (Å²) in [7, 11) is 0. The molecule has 0 saturated carbocycles. The average molecular weight is 535 g/mol. The van der Waals surface area contributed by atoms with Gasteiger partial charge in [0.15, 0.2) is 5.65 Å². The number of fused-ring (bicyclic) bond motifs is 1. The highest BCUT2D eigenvalue weighted by Crippen LogP contribution is 2.28. The van der Waals surface area contributed by atoms with Gasteiger partial charge in [0, 0.05) is 50.4 Å². The summed E-state index contributed by atoms with van der Waals surface area (Å²) < 4.78 is 7.27. The summed E-state index contributed by atoms with van der Waals surface area (Å²) >= 11 is 0. The van der Waals surface area contributed by atoms with E-state index in [9.17, 15) is 14.7 Å². The molecule has 0 spiro atoms. The zero-order valence-corrected chi connectivity index (χ0v) is 22.9. The van der Waals surface area contributed by atoms with E-state index >= 15 is 0 Å². The van der Waals surface area contributed by atoms with Gasteiger partial charge < -0.3 is 20.5 Å². The quantitative estimate of drug-likeness (QED) is 0.406. The van der Waals surface area contributed by atoms with E-state index in [-0.39, 0.29) is 43.0 Å². The molecule has 1 aromatic carbocycles. The lowest BCUT2D eigenvalue weighted by molar-refractivity contribution is -0.130. The number of carbonyl (C=O) groups is 2. The average Bonchev–Trinajstić information content (AvgIpc) is 3.37. The van der Waals surface area contributed by atoms with Crippen LogP contribution in [0.5, 0.6) is 0 Å². The number of ether oxygens (including phenoxy) is 1. The van der Waals surface area contributed by atoms with Crippen molar-refractivity contribution in [3.8, 4) is 11.3 Å². The summed E-state index contributed by atoms with van der Waals surface area (Å²) in [6, 6.07) is 10.2. The molecule has 208 valence electrons. The van der Waals surface area contributed by atoms with Gasteiger partial charge in [-0.2, -0.15) is 5.10 Å². The number of aliphatic hydroxyl groups excluding tert-OH is 1. The number of hydrogen-bond acceptors (Lipinski definition) is 7. The Labute approximate surface area is 228 Å². The Morgan fingerprint density at radius 1 is 1.23 bits per heavy atom. The molecule has 2 aliphatic rings. The van der Waals surface area contributed by atoms with Crippen LogP contribution < -0.4 is 10.6 Å². The smallest absolute Gasteiger partial charge is 0.252 e. The van der Waals surface area contributed by atoms with E-state index in [0.29, 0.717) is 28.7 Å². The molecule has 2 aromatic heterocycles. The molecule has 0 radical (unpaired) electrons. The molecule has 2 saturated heterocycles. The second kappa shape index (κ2) is 11.8. The minimum atomic E-state index is -0.482. The van der Waals surface area contributed by atoms with Gasteiger partial charge in [0.05, 0.1) is 42.0 Å². The van der Waals surface area contributed by atoms with Crippen LogP contribution in [0.3, 0.4) is 0 Å². The van der Waals surface area contributed by atoms with E-state index < -0.39 is 5.92 Å². The largest absolute Gasteiger partial charge is 0.396 e. The lowest BCUT2D eigenvalue weighted by Crippen LogP contribution is -2.51. The highest BCUT2D eigenvalue weighted by atomic mass is 16.5. The highest BCUT2D eigenvalue weighted by molar-refractivity contribution is 6.06. The Kier molecular flexibility index (Phi) is 8.25. The zero-order valence-electron chi connectivity index (χ0n) is 22.9. The molecule has 2 aliphatic heterocycles. The lowest BCUT2D eigenvalue weighted by Gasteiger charge is -2.33. The number of nitrogens with zero attached hydrogens (tertiary/aromatic N) is 4. The molecule has 10 nitrogen and oxygen atoms in total. The van der Waals surface area contributed by atoms with E-state index in [1.807, 2.05) is 37.6 Å². The fourth-order valence-corrected chi connectivity index (χ4v) is 5.53. The fourth-order valence-electron chi connectivity index (χ4n) is 5.53. The van der Waals surface area contributed by atoms with Crippen molar-refractivity contribution in [3.05, 3.63) is 47.7 Å². The molecule has 10 heteroatoms. The van der Waals surface area contributed by atoms with E-state index in [2.05, 4.69) is 32.8 Å². The van der Waals surface area contributed by atoms with Crippen LogP contribution in [0.1, 0.15) is 49.2 Å². The number of hydrogen-bond donors (Lipinski definition) is 3. The second-order valence-electron chi connectivity index (χ2n) is 11.0. The van der Waals surface area contributed by atoms with Gasteiger partial charge >= 0.3 is 0 Å². The summed E-state index contributed by atoms with van der Waals surface area (Å²) in [5, 5.41) is 20.9. The molecule has 2 amide bonds. The van der Waals surface area contributed by atoms with Crippen molar-refractivity contribution in [3.63, 3.8) is 0 Å². The van der Waals surface area contributed by atoms with Crippen LogP contribution in [0, 0.1) is 11.8 Å². The van der Waals surface area contributed by atoms with E-state index in [0.717, 1.165) is 38.4 Å². The van der Waals surface area contributed by atoms with Crippen molar-refractivity contribution in [2.45, 2.75) is 45.8 Å². The molecule has 39 heavy (non-hydrogen) atoms. The maximum Gasteiger partial charge on any atom is 0.252 e. The number of carbonyl (C=O) groups excluding carboxylic acids is 2. The number of aromatic nitrogens is 3. The first-order valence-electron chi connectivity index (χ1n) is 13.8. The molecule has 3 unspecified atom stereocenters. The minimum absolute atomic E-state index is 0.00566.